The van der Waals surface area contributed by atoms with Crippen LogP contribution in [0.5, 0.6) is 5.75 Å². The van der Waals surface area contributed by atoms with Crippen LogP contribution in [-0.4, -0.2) is 42.3 Å². The predicted molar refractivity (Wildman–Crippen MR) is 98.0 cm³/mol. The van der Waals surface area contributed by atoms with Gasteiger partial charge < -0.3 is 14.8 Å². The van der Waals surface area contributed by atoms with Crippen molar-refractivity contribution >= 4 is 17.6 Å². The fraction of sp³-hybridized carbons (Fsp3) is 0.300. The molecule has 9 heteroatoms. The van der Waals surface area contributed by atoms with Crippen LogP contribution in [0.4, 0.5) is 18.9 Å². The van der Waals surface area contributed by atoms with Gasteiger partial charge in [-0.15, -0.1) is 13.2 Å². The molecule has 0 saturated carbocycles. The van der Waals surface area contributed by atoms with Crippen molar-refractivity contribution in [3.8, 4) is 5.75 Å². The molecule has 1 fully saturated rings. The highest BCUT2D eigenvalue weighted by atomic mass is 19.4. The van der Waals surface area contributed by atoms with Gasteiger partial charge in [0.15, 0.2) is 0 Å². The number of alkyl halides is 3. The van der Waals surface area contributed by atoms with E-state index in [0.29, 0.717) is 13.1 Å². The lowest BCUT2D eigenvalue weighted by molar-refractivity contribution is -0.274. The van der Waals surface area contributed by atoms with Gasteiger partial charge in [0.25, 0.3) is 0 Å². The van der Waals surface area contributed by atoms with Gasteiger partial charge in [0.2, 0.25) is 5.91 Å². The van der Waals surface area contributed by atoms with E-state index < -0.39 is 30.0 Å². The largest absolute Gasteiger partial charge is 0.573 e. The third-order valence-electron chi connectivity index (χ3n) is 4.29. The summed E-state index contributed by atoms with van der Waals surface area (Å²) in [7, 11) is 0. The van der Waals surface area contributed by atoms with Crippen molar-refractivity contribution in [1.29, 1.82) is 0 Å². The van der Waals surface area contributed by atoms with Gasteiger partial charge >= 0.3 is 12.3 Å². The Morgan fingerprint density at radius 2 is 1.93 bits per heavy atom. The molecule has 0 unspecified atom stereocenters. The Labute approximate surface area is 165 Å². The molecule has 1 saturated heterocycles. The molecule has 0 radical (unpaired) electrons. The van der Waals surface area contributed by atoms with Crippen LogP contribution in [0.25, 0.3) is 0 Å². The lowest BCUT2D eigenvalue weighted by Crippen LogP contribution is -2.49. The number of carbonyl (C=O) groups excluding carboxylic acids is 2. The molecule has 1 aliphatic rings. The zero-order valence-electron chi connectivity index (χ0n) is 15.3. The molecule has 3 rings (SSSR count). The first-order valence-corrected chi connectivity index (χ1v) is 8.90. The van der Waals surface area contributed by atoms with Crippen molar-refractivity contribution in [1.82, 2.24) is 4.90 Å². The van der Waals surface area contributed by atoms with Gasteiger partial charge in [-0.3, -0.25) is 14.5 Å². The lowest BCUT2D eigenvalue weighted by Gasteiger charge is -2.33. The minimum absolute atomic E-state index is 0.135. The van der Waals surface area contributed by atoms with Crippen LogP contribution in [0.1, 0.15) is 12.0 Å². The molecule has 1 heterocycles. The van der Waals surface area contributed by atoms with E-state index in [1.807, 2.05) is 35.2 Å². The van der Waals surface area contributed by atoms with Crippen molar-refractivity contribution in [2.24, 2.45) is 0 Å². The molecule has 2 aromatic rings. The Morgan fingerprint density at radius 3 is 2.66 bits per heavy atom. The Balaban J connectivity index is 1.64. The third kappa shape index (κ3) is 6.21. The molecule has 0 aliphatic carbocycles. The lowest BCUT2D eigenvalue weighted by atomic mass is 10.1. The maximum absolute atomic E-state index is 12.4. The summed E-state index contributed by atoms with van der Waals surface area (Å²) in [6.07, 6.45) is -5.01. The molecular formula is C20H19F3N2O4. The maximum Gasteiger partial charge on any atom is 0.573 e. The molecular weight excluding hydrogens is 389 g/mol. The first-order chi connectivity index (χ1) is 13.8. The fourth-order valence-corrected chi connectivity index (χ4v) is 3.04. The van der Waals surface area contributed by atoms with Crippen molar-refractivity contribution < 1.29 is 32.2 Å². The number of esters is 1. The number of nitrogens with one attached hydrogen (secondary N) is 1. The maximum atomic E-state index is 12.4. The van der Waals surface area contributed by atoms with E-state index in [9.17, 15) is 22.8 Å². The second-order valence-electron chi connectivity index (χ2n) is 6.47. The van der Waals surface area contributed by atoms with E-state index >= 15 is 0 Å². The SMILES string of the molecule is O=C(C[C@H]1C(=O)OCCN1Cc1ccccc1)Nc1cccc(OC(F)(F)F)c1. The minimum Gasteiger partial charge on any atom is -0.463 e. The second-order valence-corrected chi connectivity index (χ2v) is 6.47. The van der Waals surface area contributed by atoms with E-state index in [1.165, 1.54) is 12.1 Å². The van der Waals surface area contributed by atoms with Crippen molar-refractivity contribution in [3.63, 3.8) is 0 Å². The van der Waals surface area contributed by atoms with Crippen molar-refractivity contribution in [2.75, 3.05) is 18.5 Å². The number of benzene rings is 2. The molecule has 1 atom stereocenters. The second kappa shape index (κ2) is 8.95. The minimum atomic E-state index is -4.83. The number of hydrogen-bond acceptors (Lipinski definition) is 5. The van der Waals surface area contributed by atoms with Crippen LogP contribution in [0.15, 0.2) is 54.6 Å². The summed E-state index contributed by atoms with van der Waals surface area (Å²) in [6.45, 7) is 1.19. The van der Waals surface area contributed by atoms with Gasteiger partial charge in [-0.2, -0.15) is 0 Å². The van der Waals surface area contributed by atoms with Gasteiger partial charge in [0.05, 0.1) is 6.42 Å². The molecule has 6 nitrogen and oxygen atoms in total. The molecule has 154 valence electrons. The van der Waals surface area contributed by atoms with Gasteiger partial charge in [-0.25, -0.2) is 0 Å². The number of amides is 1. The Morgan fingerprint density at radius 1 is 1.17 bits per heavy atom. The van der Waals surface area contributed by atoms with Gasteiger partial charge in [-0.1, -0.05) is 36.4 Å². The van der Waals surface area contributed by atoms with E-state index in [-0.39, 0.29) is 18.7 Å². The number of hydrogen-bond donors (Lipinski definition) is 1. The Kier molecular flexibility index (Phi) is 6.38. The summed E-state index contributed by atoms with van der Waals surface area (Å²) in [5.74, 6) is -1.47. The molecule has 1 aliphatic heterocycles. The van der Waals surface area contributed by atoms with Crippen LogP contribution in [0, 0.1) is 0 Å². The zero-order chi connectivity index (χ0) is 20.9. The fourth-order valence-electron chi connectivity index (χ4n) is 3.04. The van der Waals surface area contributed by atoms with E-state index in [2.05, 4.69) is 10.1 Å². The number of ether oxygens (including phenoxy) is 2. The monoisotopic (exact) mass is 408 g/mol. The van der Waals surface area contributed by atoms with Crippen LogP contribution in [0.2, 0.25) is 0 Å². The predicted octanol–water partition coefficient (Wildman–Crippen LogP) is 3.34. The van der Waals surface area contributed by atoms with Crippen LogP contribution in [-0.2, 0) is 20.9 Å². The third-order valence-corrected chi connectivity index (χ3v) is 4.29. The van der Waals surface area contributed by atoms with Crippen LogP contribution in [0.3, 0.4) is 0 Å². The van der Waals surface area contributed by atoms with Crippen LogP contribution >= 0.6 is 0 Å². The molecule has 29 heavy (non-hydrogen) atoms. The number of morpholine rings is 1. The van der Waals surface area contributed by atoms with Crippen molar-refractivity contribution in [2.45, 2.75) is 25.4 Å². The summed E-state index contributed by atoms with van der Waals surface area (Å²) in [6, 6.07) is 13.7. The topological polar surface area (TPSA) is 67.9 Å². The number of carbonyl (C=O) groups is 2. The van der Waals surface area contributed by atoms with E-state index in [0.717, 1.165) is 17.7 Å². The summed E-state index contributed by atoms with van der Waals surface area (Å²) in [4.78, 5) is 26.5. The molecule has 1 amide bonds. The Bertz CT molecular complexity index is 858. The van der Waals surface area contributed by atoms with Crippen LogP contribution < -0.4 is 10.1 Å². The quantitative estimate of drug-likeness (QED) is 0.743. The zero-order valence-corrected chi connectivity index (χ0v) is 15.3. The highest BCUT2D eigenvalue weighted by Crippen LogP contribution is 2.25. The first kappa shape index (κ1) is 20.7. The van der Waals surface area contributed by atoms with Gasteiger partial charge in [0.1, 0.15) is 18.4 Å². The average molecular weight is 408 g/mol. The first-order valence-electron chi connectivity index (χ1n) is 8.90. The summed E-state index contributed by atoms with van der Waals surface area (Å²) >= 11 is 0. The normalized spacial score (nSPS) is 17.5. The van der Waals surface area contributed by atoms with Gasteiger partial charge in [0, 0.05) is 24.8 Å². The van der Waals surface area contributed by atoms with Crippen molar-refractivity contribution in [3.05, 3.63) is 60.2 Å². The highest BCUT2D eigenvalue weighted by Gasteiger charge is 2.34. The molecule has 2 aromatic carbocycles. The molecule has 0 aromatic heterocycles. The molecule has 1 N–H and O–H groups in total. The highest BCUT2D eigenvalue weighted by molar-refractivity contribution is 5.94. The average Bonchev–Trinajstić information content (AvgIpc) is 2.64. The standard InChI is InChI=1S/C20H19F3N2O4/c21-20(22,23)29-16-8-4-7-15(11-16)24-18(26)12-17-19(27)28-10-9-25(17)13-14-5-2-1-3-6-14/h1-8,11,17H,9-10,12-13H2,(H,24,26)/t17-/m0/s1. The summed E-state index contributed by atoms with van der Waals surface area (Å²) in [5, 5.41) is 2.50. The summed E-state index contributed by atoms with van der Waals surface area (Å²) < 4.78 is 45.9. The smallest absolute Gasteiger partial charge is 0.463 e. The molecule has 0 bridgehead atoms. The number of halogens is 3. The Hall–Kier alpha value is -3.07. The number of anilines is 1. The number of nitrogens with zero attached hydrogens (tertiary/aromatic N) is 1. The number of cyclic esters (lactones) is 1. The number of rotatable bonds is 6. The molecule has 0 spiro atoms. The van der Waals surface area contributed by atoms with E-state index in [4.69, 9.17) is 4.74 Å². The van der Waals surface area contributed by atoms with E-state index in [1.54, 1.807) is 0 Å². The summed E-state index contributed by atoms with van der Waals surface area (Å²) in [5.41, 5.74) is 1.13. The van der Waals surface area contributed by atoms with Gasteiger partial charge in [-0.05, 0) is 17.7 Å².